The van der Waals surface area contributed by atoms with E-state index in [9.17, 15) is 9.90 Å². The van der Waals surface area contributed by atoms with E-state index in [-0.39, 0.29) is 12.2 Å². The lowest BCUT2D eigenvalue weighted by Gasteiger charge is -2.10. The molecule has 7 heteroatoms. The summed E-state index contributed by atoms with van der Waals surface area (Å²) in [6.07, 6.45) is 1.78. The number of nitrogens with one attached hydrogen (secondary N) is 1. The first-order valence-electron chi connectivity index (χ1n) is 6.01. The summed E-state index contributed by atoms with van der Waals surface area (Å²) in [6, 6.07) is 6.90. The highest BCUT2D eigenvalue weighted by Gasteiger charge is 2.14. The number of H-pyrrole nitrogens is 1. The molecule has 1 aromatic carbocycles. The minimum absolute atomic E-state index is 0.0538. The maximum atomic E-state index is 11.9. The molecular formula is C14H13N3O3S. The minimum atomic E-state index is -0.479. The Morgan fingerprint density at radius 3 is 2.86 bits per heavy atom. The highest BCUT2D eigenvalue weighted by Crippen LogP contribution is 2.27. The van der Waals surface area contributed by atoms with Gasteiger partial charge in [0.25, 0.3) is 5.56 Å². The van der Waals surface area contributed by atoms with E-state index in [0.29, 0.717) is 27.7 Å². The molecule has 2 N–H and O–H groups in total. The normalized spacial score (nSPS) is 10.2. The van der Waals surface area contributed by atoms with E-state index in [1.807, 2.05) is 6.07 Å². The Labute approximate surface area is 125 Å². The van der Waals surface area contributed by atoms with Crippen LogP contribution in [0.5, 0.6) is 5.75 Å². The smallest absolute Gasteiger partial charge is 0.270 e. The second-order valence-electron chi connectivity index (χ2n) is 4.10. The Bertz CT molecular complexity index is 765. The minimum Gasteiger partial charge on any atom is -0.496 e. The van der Waals surface area contributed by atoms with Crippen LogP contribution in [-0.4, -0.2) is 28.4 Å². The molecule has 0 saturated heterocycles. The summed E-state index contributed by atoms with van der Waals surface area (Å²) in [5.41, 5.74) is 0.905. The molecule has 0 aliphatic carbocycles. The first-order chi connectivity index (χ1) is 10.1. The number of nitriles is 1. The topological polar surface area (TPSA) is 99.0 Å². The third-order valence-corrected chi connectivity index (χ3v) is 3.51. The number of aliphatic hydroxyl groups is 1. The van der Waals surface area contributed by atoms with Gasteiger partial charge in [0.2, 0.25) is 0 Å². The number of hydrogen-bond acceptors (Lipinski definition) is 6. The molecule has 1 aromatic heterocycles. The first-order valence-corrected chi connectivity index (χ1v) is 7.23. The van der Waals surface area contributed by atoms with Crippen molar-refractivity contribution in [1.82, 2.24) is 9.97 Å². The molecule has 0 aliphatic heterocycles. The highest BCUT2D eigenvalue weighted by atomic mass is 32.2. The molecular weight excluding hydrogens is 290 g/mol. The van der Waals surface area contributed by atoms with Crippen molar-refractivity contribution in [2.45, 2.75) is 11.8 Å². The first kappa shape index (κ1) is 15.1. The molecule has 6 nitrogen and oxygen atoms in total. The van der Waals surface area contributed by atoms with Gasteiger partial charge in [0.1, 0.15) is 17.4 Å². The molecule has 0 unspecified atom stereocenters. The molecule has 0 saturated carbocycles. The standard InChI is InChI=1S/C14H13N3O3S/c1-20-11-4-3-8(5-9(11)7-18)12-10(6-15)13(19)17-14(16-12)21-2/h3-5,18H,7H2,1-2H3,(H,16,17,19). The third-order valence-electron chi connectivity index (χ3n) is 2.93. The summed E-state index contributed by atoms with van der Waals surface area (Å²) >= 11 is 1.28. The van der Waals surface area contributed by atoms with Gasteiger partial charge in [0, 0.05) is 11.1 Å². The van der Waals surface area contributed by atoms with Crippen molar-refractivity contribution >= 4 is 11.8 Å². The number of aliphatic hydroxyl groups excluding tert-OH is 1. The summed E-state index contributed by atoms with van der Waals surface area (Å²) < 4.78 is 5.13. The van der Waals surface area contributed by atoms with Gasteiger partial charge < -0.3 is 14.8 Å². The molecule has 21 heavy (non-hydrogen) atoms. The molecule has 2 aromatic rings. The van der Waals surface area contributed by atoms with Crippen LogP contribution >= 0.6 is 11.8 Å². The Morgan fingerprint density at radius 1 is 1.52 bits per heavy atom. The van der Waals surface area contributed by atoms with Gasteiger partial charge in [-0.3, -0.25) is 4.79 Å². The maximum Gasteiger partial charge on any atom is 0.270 e. The van der Waals surface area contributed by atoms with Crippen LogP contribution in [0.1, 0.15) is 11.1 Å². The fourth-order valence-corrected chi connectivity index (χ4v) is 2.29. The van der Waals surface area contributed by atoms with Crippen LogP contribution in [0, 0.1) is 11.3 Å². The van der Waals surface area contributed by atoms with Crippen molar-refractivity contribution in [3.05, 3.63) is 39.7 Å². The number of thioether (sulfide) groups is 1. The van der Waals surface area contributed by atoms with E-state index >= 15 is 0 Å². The monoisotopic (exact) mass is 303 g/mol. The molecule has 0 spiro atoms. The molecule has 0 amide bonds. The largest absolute Gasteiger partial charge is 0.496 e. The molecule has 0 aliphatic rings. The summed E-state index contributed by atoms with van der Waals surface area (Å²) in [5, 5.41) is 19.0. The predicted octanol–water partition coefficient (Wildman–Crippen LogP) is 1.53. The average molecular weight is 303 g/mol. The fourth-order valence-electron chi connectivity index (χ4n) is 1.91. The van der Waals surface area contributed by atoms with Gasteiger partial charge in [-0.15, -0.1) is 0 Å². The maximum absolute atomic E-state index is 11.9. The van der Waals surface area contributed by atoms with Crippen molar-refractivity contribution in [3.8, 4) is 23.1 Å². The number of nitrogens with zero attached hydrogens (tertiary/aromatic N) is 2. The van der Waals surface area contributed by atoms with Crippen molar-refractivity contribution in [3.63, 3.8) is 0 Å². The zero-order valence-corrected chi connectivity index (χ0v) is 12.3. The zero-order chi connectivity index (χ0) is 15.4. The van der Waals surface area contributed by atoms with Crippen LogP contribution < -0.4 is 10.3 Å². The van der Waals surface area contributed by atoms with E-state index in [1.54, 1.807) is 24.5 Å². The Balaban J connectivity index is 2.69. The van der Waals surface area contributed by atoms with E-state index in [0.717, 1.165) is 0 Å². The number of rotatable bonds is 4. The average Bonchev–Trinajstić information content (AvgIpc) is 2.53. The summed E-state index contributed by atoms with van der Waals surface area (Å²) in [6.45, 7) is -0.211. The number of methoxy groups -OCH3 is 1. The lowest BCUT2D eigenvalue weighted by Crippen LogP contribution is -2.14. The van der Waals surface area contributed by atoms with Gasteiger partial charge in [-0.2, -0.15) is 5.26 Å². The number of benzene rings is 1. The molecule has 1 heterocycles. The van der Waals surface area contributed by atoms with Crippen LogP contribution in [0.25, 0.3) is 11.3 Å². The van der Waals surface area contributed by atoms with Crippen LogP contribution in [0.15, 0.2) is 28.2 Å². The quantitative estimate of drug-likeness (QED) is 0.656. The predicted molar refractivity (Wildman–Crippen MR) is 79.3 cm³/mol. The SMILES string of the molecule is COc1ccc(-c2nc(SC)[nH]c(=O)c2C#N)cc1CO. The van der Waals surface area contributed by atoms with E-state index in [4.69, 9.17) is 10.00 Å². The number of aromatic nitrogens is 2. The Kier molecular flexibility index (Phi) is 4.62. The van der Waals surface area contributed by atoms with Gasteiger partial charge >= 0.3 is 0 Å². The van der Waals surface area contributed by atoms with Crippen LogP contribution in [-0.2, 0) is 6.61 Å². The van der Waals surface area contributed by atoms with E-state index in [1.165, 1.54) is 18.9 Å². The fraction of sp³-hybridized carbons (Fsp3) is 0.214. The van der Waals surface area contributed by atoms with Crippen molar-refractivity contribution in [2.75, 3.05) is 13.4 Å². The highest BCUT2D eigenvalue weighted by molar-refractivity contribution is 7.98. The molecule has 108 valence electrons. The summed E-state index contributed by atoms with van der Waals surface area (Å²) in [7, 11) is 1.51. The van der Waals surface area contributed by atoms with Gasteiger partial charge in [-0.1, -0.05) is 11.8 Å². The number of hydrogen-bond donors (Lipinski definition) is 2. The van der Waals surface area contributed by atoms with Gasteiger partial charge in [0.15, 0.2) is 5.16 Å². The molecule has 0 fully saturated rings. The van der Waals surface area contributed by atoms with Crippen LogP contribution in [0.4, 0.5) is 0 Å². The molecule has 0 bridgehead atoms. The zero-order valence-electron chi connectivity index (χ0n) is 11.5. The Hall–Kier alpha value is -2.30. The molecule has 0 atom stereocenters. The van der Waals surface area contributed by atoms with E-state index < -0.39 is 5.56 Å². The second kappa shape index (κ2) is 6.43. The molecule has 2 rings (SSSR count). The van der Waals surface area contributed by atoms with Gasteiger partial charge in [0.05, 0.1) is 19.4 Å². The summed E-state index contributed by atoms with van der Waals surface area (Å²) in [4.78, 5) is 18.7. The Morgan fingerprint density at radius 2 is 2.29 bits per heavy atom. The lowest BCUT2D eigenvalue weighted by atomic mass is 10.0. The van der Waals surface area contributed by atoms with Crippen molar-refractivity contribution in [2.24, 2.45) is 0 Å². The van der Waals surface area contributed by atoms with Crippen LogP contribution in [0.3, 0.4) is 0 Å². The van der Waals surface area contributed by atoms with Crippen LogP contribution in [0.2, 0.25) is 0 Å². The third kappa shape index (κ3) is 2.91. The number of ether oxygens (including phenoxy) is 1. The van der Waals surface area contributed by atoms with Crippen molar-refractivity contribution in [1.29, 1.82) is 5.26 Å². The van der Waals surface area contributed by atoms with Crippen molar-refractivity contribution < 1.29 is 9.84 Å². The second-order valence-corrected chi connectivity index (χ2v) is 4.89. The van der Waals surface area contributed by atoms with Gasteiger partial charge in [-0.05, 0) is 24.5 Å². The number of aromatic amines is 1. The summed E-state index contributed by atoms with van der Waals surface area (Å²) in [5.74, 6) is 0.537. The lowest BCUT2D eigenvalue weighted by molar-refractivity contribution is 0.274. The van der Waals surface area contributed by atoms with E-state index in [2.05, 4.69) is 9.97 Å². The molecule has 0 radical (unpaired) electrons. The van der Waals surface area contributed by atoms with Gasteiger partial charge in [-0.25, -0.2) is 4.98 Å².